The van der Waals surface area contributed by atoms with E-state index in [1.54, 1.807) is 14.2 Å². The minimum Gasteiger partial charge on any atom is -0.497 e. The van der Waals surface area contributed by atoms with Gasteiger partial charge in [-0.25, -0.2) is 0 Å². The maximum Gasteiger partial charge on any atom is 0.128 e. The summed E-state index contributed by atoms with van der Waals surface area (Å²) >= 11 is 0. The second-order valence-electron chi connectivity index (χ2n) is 5.56. The van der Waals surface area contributed by atoms with E-state index in [9.17, 15) is 5.11 Å². The Balaban J connectivity index is 1.92. The van der Waals surface area contributed by atoms with Gasteiger partial charge in [0.05, 0.1) is 20.3 Å². The Kier molecular flexibility index (Phi) is 5.85. The molecule has 0 aromatic heterocycles. The van der Waals surface area contributed by atoms with Crippen LogP contribution in [0.25, 0.3) is 0 Å². The van der Waals surface area contributed by atoms with E-state index >= 15 is 0 Å². The molecule has 0 radical (unpaired) electrons. The van der Waals surface area contributed by atoms with E-state index in [1.807, 2.05) is 18.2 Å². The Morgan fingerprint density at radius 1 is 1.14 bits per heavy atom. The van der Waals surface area contributed by atoms with Crippen molar-refractivity contribution < 1.29 is 14.6 Å². The number of nitrogens with zero attached hydrogens (tertiary/aromatic N) is 2. The number of piperazine rings is 1. The Hall–Kier alpha value is -1.30. The maximum atomic E-state index is 10.4. The van der Waals surface area contributed by atoms with Gasteiger partial charge in [0.1, 0.15) is 11.5 Å². The van der Waals surface area contributed by atoms with Crippen LogP contribution in [-0.4, -0.2) is 68.9 Å². The summed E-state index contributed by atoms with van der Waals surface area (Å²) in [6.07, 6.45) is 0.206. The number of hydrogen-bond donors (Lipinski definition) is 1. The molecule has 0 amide bonds. The first kappa shape index (κ1) is 16.1. The van der Waals surface area contributed by atoms with E-state index < -0.39 is 6.10 Å². The molecule has 5 heteroatoms. The molecule has 1 heterocycles. The van der Waals surface area contributed by atoms with Gasteiger partial charge in [-0.3, -0.25) is 0 Å². The number of aliphatic hydroxyl groups is 1. The molecule has 0 bridgehead atoms. The summed E-state index contributed by atoms with van der Waals surface area (Å²) in [4.78, 5) is 4.73. The third-order valence-electron chi connectivity index (χ3n) is 4.11. The molecular formula is C16H26N2O3. The first-order valence-corrected chi connectivity index (χ1v) is 7.45. The molecule has 1 fully saturated rings. The van der Waals surface area contributed by atoms with Gasteiger partial charge in [0.2, 0.25) is 0 Å². The SMILES string of the molecule is COc1ccc(C(O)CCN2CCN(C)CC2)c(OC)c1. The fourth-order valence-corrected chi connectivity index (χ4v) is 2.63. The molecule has 21 heavy (non-hydrogen) atoms. The highest BCUT2D eigenvalue weighted by atomic mass is 16.5. The van der Waals surface area contributed by atoms with Crippen molar-refractivity contribution in [1.82, 2.24) is 9.80 Å². The minimum atomic E-state index is -0.509. The molecule has 1 aliphatic heterocycles. The molecule has 1 aromatic rings. The number of rotatable bonds is 6. The predicted octanol–water partition coefficient (Wildman–Crippen LogP) is 1.37. The van der Waals surface area contributed by atoms with Crippen LogP contribution in [0.3, 0.4) is 0 Å². The zero-order chi connectivity index (χ0) is 15.2. The van der Waals surface area contributed by atoms with Crippen LogP contribution < -0.4 is 9.47 Å². The average Bonchev–Trinajstić information content (AvgIpc) is 2.53. The third-order valence-corrected chi connectivity index (χ3v) is 4.11. The molecule has 1 saturated heterocycles. The normalized spacial score (nSPS) is 18.5. The number of benzene rings is 1. The van der Waals surface area contributed by atoms with Gasteiger partial charge in [0.15, 0.2) is 0 Å². The average molecular weight is 294 g/mol. The van der Waals surface area contributed by atoms with Gasteiger partial charge in [-0.15, -0.1) is 0 Å². The summed E-state index contributed by atoms with van der Waals surface area (Å²) in [5.41, 5.74) is 0.826. The third kappa shape index (κ3) is 4.33. The minimum absolute atomic E-state index is 0.509. The lowest BCUT2D eigenvalue weighted by atomic mass is 10.0. The van der Waals surface area contributed by atoms with Crippen LogP contribution in [0.5, 0.6) is 11.5 Å². The van der Waals surface area contributed by atoms with Gasteiger partial charge in [-0.2, -0.15) is 0 Å². The fourth-order valence-electron chi connectivity index (χ4n) is 2.63. The van der Waals surface area contributed by atoms with Crippen molar-refractivity contribution in [2.75, 3.05) is 54.0 Å². The standard InChI is InChI=1S/C16H26N2O3/c1-17-8-10-18(11-9-17)7-6-15(19)14-5-4-13(20-2)12-16(14)21-3/h4-5,12,15,19H,6-11H2,1-3H3. The number of likely N-dealkylation sites (N-methyl/N-ethyl adjacent to an activating group) is 1. The lowest BCUT2D eigenvalue weighted by Gasteiger charge is -2.32. The van der Waals surface area contributed by atoms with Gasteiger partial charge in [-0.1, -0.05) is 0 Å². The van der Waals surface area contributed by atoms with Gasteiger partial charge in [0.25, 0.3) is 0 Å². The van der Waals surface area contributed by atoms with Gasteiger partial charge < -0.3 is 24.4 Å². The van der Waals surface area contributed by atoms with Crippen LogP contribution in [0, 0.1) is 0 Å². The van der Waals surface area contributed by atoms with E-state index in [-0.39, 0.29) is 0 Å². The number of hydrogen-bond acceptors (Lipinski definition) is 5. The molecule has 1 aliphatic rings. The highest BCUT2D eigenvalue weighted by Crippen LogP contribution is 2.31. The summed E-state index contributed by atoms with van der Waals surface area (Å²) in [6.45, 7) is 5.25. The lowest BCUT2D eigenvalue weighted by molar-refractivity contribution is 0.111. The number of methoxy groups -OCH3 is 2. The Morgan fingerprint density at radius 2 is 1.86 bits per heavy atom. The Labute approximate surface area is 127 Å². The van der Waals surface area contributed by atoms with Crippen molar-refractivity contribution in [2.24, 2.45) is 0 Å². The van der Waals surface area contributed by atoms with E-state index in [0.29, 0.717) is 12.2 Å². The Bertz CT molecular complexity index is 445. The summed E-state index contributed by atoms with van der Waals surface area (Å²) in [6, 6.07) is 5.55. The van der Waals surface area contributed by atoms with Gasteiger partial charge in [-0.05, 0) is 25.6 Å². The van der Waals surface area contributed by atoms with Crippen LogP contribution in [0.4, 0.5) is 0 Å². The second-order valence-corrected chi connectivity index (χ2v) is 5.56. The molecule has 1 aromatic carbocycles. The van der Waals surface area contributed by atoms with Crippen molar-refractivity contribution in [1.29, 1.82) is 0 Å². The first-order chi connectivity index (χ1) is 10.1. The lowest BCUT2D eigenvalue weighted by Crippen LogP contribution is -2.44. The van der Waals surface area contributed by atoms with E-state index in [2.05, 4.69) is 16.8 Å². The zero-order valence-corrected chi connectivity index (χ0v) is 13.2. The molecule has 2 rings (SSSR count). The summed E-state index contributed by atoms with van der Waals surface area (Å²) in [7, 11) is 5.39. The molecule has 5 nitrogen and oxygen atoms in total. The summed E-state index contributed by atoms with van der Waals surface area (Å²) < 4.78 is 10.5. The molecule has 118 valence electrons. The number of aliphatic hydroxyl groups excluding tert-OH is 1. The highest BCUT2D eigenvalue weighted by molar-refractivity contribution is 5.41. The molecule has 0 saturated carbocycles. The van der Waals surface area contributed by atoms with E-state index in [4.69, 9.17) is 9.47 Å². The predicted molar refractivity (Wildman–Crippen MR) is 83.1 cm³/mol. The van der Waals surface area contributed by atoms with Crippen LogP contribution >= 0.6 is 0 Å². The van der Waals surface area contributed by atoms with Crippen molar-refractivity contribution in [2.45, 2.75) is 12.5 Å². The van der Waals surface area contributed by atoms with Crippen molar-refractivity contribution >= 4 is 0 Å². The Morgan fingerprint density at radius 3 is 2.48 bits per heavy atom. The topological polar surface area (TPSA) is 45.2 Å². The molecular weight excluding hydrogens is 268 g/mol. The number of ether oxygens (including phenoxy) is 2. The van der Waals surface area contributed by atoms with Crippen LogP contribution in [0.15, 0.2) is 18.2 Å². The molecule has 0 spiro atoms. The van der Waals surface area contributed by atoms with E-state index in [1.165, 1.54) is 0 Å². The van der Waals surface area contributed by atoms with Gasteiger partial charge >= 0.3 is 0 Å². The quantitative estimate of drug-likeness (QED) is 0.858. The fraction of sp³-hybridized carbons (Fsp3) is 0.625. The monoisotopic (exact) mass is 294 g/mol. The summed E-state index contributed by atoms with van der Waals surface area (Å²) in [5, 5.41) is 10.4. The van der Waals surface area contributed by atoms with Crippen LogP contribution in [0.2, 0.25) is 0 Å². The zero-order valence-electron chi connectivity index (χ0n) is 13.2. The summed E-state index contributed by atoms with van der Waals surface area (Å²) in [5.74, 6) is 1.42. The highest BCUT2D eigenvalue weighted by Gasteiger charge is 2.18. The molecule has 1 atom stereocenters. The van der Waals surface area contributed by atoms with Gasteiger partial charge in [0, 0.05) is 44.4 Å². The molecule has 0 aliphatic carbocycles. The first-order valence-electron chi connectivity index (χ1n) is 7.45. The van der Waals surface area contributed by atoms with Crippen molar-refractivity contribution in [3.8, 4) is 11.5 Å². The largest absolute Gasteiger partial charge is 0.497 e. The van der Waals surface area contributed by atoms with E-state index in [0.717, 1.165) is 44.0 Å². The van der Waals surface area contributed by atoms with Crippen LogP contribution in [-0.2, 0) is 0 Å². The van der Waals surface area contributed by atoms with Crippen molar-refractivity contribution in [3.05, 3.63) is 23.8 Å². The second kappa shape index (κ2) is 7.64. The smallest absolute Gasteiger partial charge is 0.128 e. The molecule has 1 N–H and O–H groups in total. The van der Waals surface area contributed by atoms with Crippen LogP contribution in [0.1, 0.15) is 18.1 Å². The van der Waals surface area contributed by atoms with Crippen molar-refractivity contribution in [3.63, 3.8) is 0 Å². The molecule has 1 unspecified atom stereocenters. The maximum absolute atomic E-state index is 10.4.